The quantitative estimate of drug-likeness (QED) is 0.197. The van der Waals surface area contributed by atoms with Crippen LogP contribution >= 0.6 is 0 Å². The fourth-order valence-corrected chi connectivity index (χ4v) is 5.78. The number of carbonyl (C=O) groups is 1. The largest absolute Gasteiger partial charge is 0.380 e. The molecule has 0 spiro atoms. The number of aryl methyl sites for hydroxylation is 1. The number of hydrogen-bond acceptors (Lipinski definition) is 3. The summed E-state index contributed by atoms with van der Waals surface area (Å²) in [6, 6.07) is 28.6. The Balaban J connectivity index is 1.21. The van der Waals surface area contributed by atoms with Crippen LogP contribution in [-0.2, 0) is 12.0 Å². The van der Waals surface area contributed by atoms with Crippen LogP contribution in [0, 0.1) is 5.92 Å². The Bertz CT molecular complexity index is 1030. The average Bonchev–Trinajstić information content (AvgIpc) is 2.97. The molecule has 196 valence electrons. The molecule has 0 saturated carbocycles. The number of benzene rings is 3. The number of ketones is 1. The van der Waals surface area contributed by atoms with Crippen LogP contribution in [0.2, 0.25) is 0 Å². The van der Waals surface area contributed by atoms with Crippen molar-refractivity contribution >= 4 is 5.78 Å². The van der Waals surface area contributed by atoms with Gasteiger partial charge in [0.25, 0.3) is 0 Å². The number of carbonyl (C=O) groups excluding carboxylic acids is 1. The molecule has 4 rings (SSSR count). The van der Waals surface area contributed by atoms with Crippen molar-refractivity contribution in [3.05, 3.63) is 107 Å². The lowest BCUT2D eigenvalue weighted by atomic mass is 9.72. The van der Waals surface area contributed by atoms with E-state index in [1.54, 1.807) is 0 Å². The third kappa shape index (κ3) is 7.18. The second-order valence-corrected chi connectivity index (χ2v) is 10.6. The van der Waals surface area contributed by atoms with E-state index in [4.69, 9.17) is 0 Å². The maximum atomic E-state index is 12.6. The summed E-state index contributed by atoms with van der Waals surface area (Å²) in [6.07, 6.45) is 9.24. The Kier molecular flexibility index (Phi) is 10.1. The number of hydrogen-bond donors (Lipinski definition) is 1. The molecule has 0 amide bonds. The van der Waals surface area contributed by atoms with E-state index in [-0.39, 0.29) is 11.7 Å². The van der Waals surface area contributed by atoms with Crippen molar-refractivity contribution in [2.24, 2.45) is 5.92 Å². The van der Waals surface area contributed by atoms with Crippen LogP contribution in [0.25, 0.3) is 0 Å². The van der Waals surface area contributed by atoms with Crippen molar-refractivity contribution in [2.75, 3.05) is 19.6 Å². The SMILES string of the molecule is CCCCc1ccc(C(=O)CCCCCN2CCC(C(O)(c3ccccc3)c3ccccc3)CC2)cc1. The minimum absolute atomic E-state index is 0.194. The molecule has 0 atom stereocenters. The third-order valence-corrected chi connectivity index (χ3v) is 8.08. The summed E-state index contributed by atoms with van der Waals surface area (Å²) < 4.78 is 0. The van der Waals surface area contributed by atoms with Crippen molar-refractivity contribution in [1.82, 2.24) is 4.90 Å². The van der Waals surface area contributed by atoms with Crippen molar-refractivity contribution in [1.29, 1.82) is 0 Å². The second kappa shape index (κ2) is 13.7. The summed E-state index contributed by atoms with van der Waals surface area (Å²) in [5.41, 5.74) is 3.20. The number of piperidine rings is 1. The molecule has 1 N–H and O–H groups in total. The second-order valence-electron chi connectivity index (χ2n) is 10.6. The van der Waals surface area contributed by atoms with Gasteiger partial charge in [0.1, 0.15) is 5.60 Å². The summed E-state index contributed by atoms with van der Waals surface area (Å²) >= 11 is 0. The summed E-state index contributed by atoms with van der Waals surface area (Å²) in [7, 11) is 0. The van der Waals surface area contributed by atoms with E-state index < -0.39 is 5.60 Å². The van der Waals surface area contributed by atoms with Gasteiger partial charge in [-0.15, -0.1) is 0 Å². The predicted octanol–water partition coefficient (Wildman–Crippen LogP) is 7.42. The lowest BCUT2D eigenvalue weighted by molar-refractivity contribution is -0.0143. The van der Waals surface area contributed by atoms with Gasteiger partial charge in [-0.25, -0.2) is 0 Å². The van der Waals surface area contributed by atoms with E-state index in [2.05, 4.69) is 48.2 Å². The first-order valence-electron chi connectivity index (χ1n) is 14.3. The molecule has 3 aromatic rings. The van der Waals surface area contributed by atoms with E-state index in [0.717, 1.165) is 74.8 Å². The molecule has 0 radical (unpaired) electrons. The Labute approximate surface area is 223 Å². The summed E-state index contributed by atoms with van der Waals surface area (Å²) in [6.45, 7) is 5.30. The number of likely N-dealkylation sites (tertiary alicyclic amines) is 1. The zero-order valence-electron chi connectivity index (χ0n) is 22.4. The molecule has 0 bridgehead atoms. The zero-order valence-corrected chi connectivity index (χ0v) is 22.4. The lowest BCUT2D eigenvalue weighted by Crippen LogP contribution is -2.44. The Morgan fingerprint density at radius 1 is 0.811 bits per heavy atom. The number of rotatable bonds is 13. The van der Waals surface area contributed by atoms with Gasteiger partial charge < -0.3 is 10.0 Å². The van der Waals surface area contributed by atoms with Gasteiger partial charge in [-0.1, -0.05) is 105 Å². The highest BCUT2D eigenvalue weighted by Gasteiger charge is 2.41. The molecular weight excluding hydrogens is 454 g/mol. The minimum atomic E-state index is -0.955. The van der Waals surface area contributed by atoms with Crippen LogP contribution < -0.4 is 0 Å². The number of unbranched alkanes of at least 4 members (excludes halogenated alkanes) is 3. The normalized spacial score (nSPS) is 15.1. The molecule has 1 heterocycles. The van der Waals surface area contributed by atoms with Gasteiger partial charge in [0.2, 0.25) is 0 Å². The highest BCUT2D eigenvalue weighted by molar-refractivity contribution is 5.96. The zero-order chi connectivity index (χ0) is 25.9. The van der Waals surface area contributed by atoms with Crippen molar-refractivity contribution in [3.8, 4) is 0 Å². The van der Waals surface area contributed by atoms with Gasteiger partial charge in [-0.05, 0) is 80.8 Å². The van der Waals surface area contributed by atoms with Crippen LogP contribution in [-0.4, -0.2) is 35.4 Å². The van der Waals surface area contributed by atoms with Gasteiger partial charge in [-0.3, -0.25) is 4.79 Å². The molecule has 1 aliphatic rings. The van der Waals surface area contributed by atoms with Crippen molar-refractivity contribution in [2.45, 2.75) is 70.3 Å². The Morgan fingerprint density at radius 2 is 1.41 bits per heavy atom. The van der Waals surface area contributed by atoms with E-state index >= 15 is 0 Å². The summed E-state index contributed by atoms with van der Waals surface area (Å²) in [5, 5.41) is 12.1. The first-order chi connectivity index (χ1) is 18.1. The molecule has 3 heteroatoms. The maximum Gasteiger partial charge on any atom is 0.162 e. The molecular formula is C34H43NO2. The topological polar surface area (TPSA) is 40.5 Å². The Hall–Kier alpha value is -2.75. The van der Waals surface area contributed by atoms with Crippen molar-refractivity contribution < 1.29 is 9.90 Å². The van der Waals surface area contributed by atoms with E-state index in [1.807, 2.05) is 48.5 Å². The van der Waals surface area contributed by atoms with Crippen LogP contribution in [0.3, 0.4) is 0 Å². The molecule has 3 aromatic carbocycles. The van der Waals surface area contributed by atoms with Gasteiger partial charge in [0.15, 0.2) is 5.78 Å². The fraction of sp³-hybridized carbons (Fsp3) is 0.441. The molecule has 37 heavy (non-hydrogen) atoms. The smallest absolute Gasteiger partial charge is 0.162 e. The lowest BCUT2D eigenvalue weighted by Gasteiger charge is -2.42. The third-order valence-electron chi connectivity index (χ3n) is 8.08. The van der Waals surface area contributed by atoms with Crippen LogP contribution in [0.15, 0.2) is 84.9 Å². The van der Waals surface area contributed by atoms with Crippen LogP contribution in [0.1, 0.15) is 85.3 Å². The van der Waals surface area contributed by atoms with Gasteiger partial charge >= 0.3 is 0 Å². The van der Waals surface area contributed by atoms with Crippen LogP contribution in [0.4, 0.5) is 0 Å². The van der Waals surface area contributed by atoms with E-state index in [0.29, 0.717) is 6.42 Å². The molecule has 0 unspecified atom stereocenters. The van der Waals surface area contributed by atoms with E-state index in [1.165, 1.54) is 18.4 Å². The first kappa shape index (κ1) is 27.3. The first-order valence-corrected chi connectivity index (χ1v) is 14.3. The molecule has 3 nitrogen and oxygen atoms in total. The van der Waals surface area contributed by atoms with Crippen LogP contribution in [0.5, 0.6) is 0 Å². The van der Waals surface area contributed by atoms with Gasteiger partial charge in [0.05, 0.1) is 0 Å². The molecule has 1 aliphatic heterocycles. The summed E-state index contributed by atoms with van der Waals surface area (Å²) in [5.74, 6) is 0.462. The highest BCUT2D eigenvalue weighted by Crippen LogP contribution is 2.41. The average molecular weight is 498 g/mol. The number of Topliss-reactive ketones (excluding diaryl/α,β-unsaturated/α-hetero) is 1. The summed E-state index contributed by atoms with van der Waals surface area (Å²) in [4.78, 5) is 15.1. The Morgan fingerprint density at radius 3 is 1.97 bits per heavy atom. The van der Waals surface area contributed by atoms with Crippen molar-refractivity contribution in [3.63, 3.8) is 0 Å². The highest BCUT2D eigenvalue weighted by atomic mass is 16.3. The molecule has 1 fully saturated rings. The maximum absolute atomic E-state index is 12.6. The molecule has 1 saturated heterocycles. The fourth-order valence-electron chi connectivity index (χ4n) is 5.78. The van der Waals surface area contributed by atoms with Gasteiger partial charge in [-0.2, -0.15) is 0 Å². The van der Waals surface area contributed by atoms with Gasteiger partial charge in [0, 0.05) is 12.0 Å². The number of nitrogens with zero attached hydrogens (tertiary/aromatic N) is 1. The number of aliphatic hydroxyl groups is 1. The van der Waals surface area contributed by atoms with E-state index in [9.17, 15) is 9.90 Å². The predicted molar refractivity (Wildman–Crippen MR) is 153 cm³/mol. The molecule has 0 aromatic heterocycles. The minimum Gasteiger partial charge on any atom is -0.380 e. The standard InChI is InChI=1S/C34H43NO2/c1-2-3-13-28-19-21-29(22-20-28)33(36)18-11-6-12-25-35-26-23-32(24-27-35)34(37,30-14-7-4-8-15-30)31-16-9-5-10-17-31/h4-5,7-10,14-17,19-22,32,37H,2-3,6,11-13,18,23-27H2,1H3. The monoisotopic (exact) mass is 497 g/mol. The molecule has 0 aliphatic carbocycles.